The minimum atomic E-state index is -0.639. The molecule has 0 radical (unpaired) electrons. The van der Waals surface area contributed by atoms with Crippen LogP contribution in [0.5, 0.6) is 0 Å². The SMILES string of the molecule is CCOC(=O)C(COC1CC(C)CC(C)C1)(NC)C1CC1. The molecule has 4 nitrogen and oxygen atoms in total. The van der Waals surface area contributed by atoms with Crippen molar-refractivity contribution in [2.45, 2.75) is 64.5 Å². The number of esters is 1. The first-order valence-corrected chi connectivity index (χ1v) is 8.49. The van der Waals surface area contributed by atoms with Gasteiger partial charge in [-0.1, -0.05) is 13.8 Å². The number of likely N-dealkylation sites (N-methyl/N-ethyl adjacent to an activating group) is 1. The van der Waals surface area contributed by atoms with Crippen LogP contribution in [0.2, 0.25) is 0 Å². The summed E-state index contributed by atoms with van der Waals surface area (Å²) in [4.78, 5) is 12.4. The third kappa shape index (κ3) is 3.98. The highest BCUT2D eigenvalue weighted by Crippen LogP contribution is 2.41. The lowest BCUT2D eigenvalue weighted by molar-refractivity contribution is -0.157. The van der Waals surface area contributed by atoms with Crippen molar-refractivity contribution in [3.63, 3.8) is 0 Å². The summed E-state index contributed by atoms with van der Waals surface area (Å²) < 4.78 is 11.5. The Labute approximate surface area is 129 Å². The van der Waals surface area contributed by atoms with Crippen LogP contribution in [0, 0.1) is 17.8 Å². The third-order valence-electron chi connectivity index (χ3n) is 5.04. The molecule has 0 aliphatic heterocycles. The van der Waals surface area contributed by atoms with Gasteiger partial charge in [0.25, 0.3) is 0 Å². The summed E-state index contributed by atoms with van der Waals surface area (Å²) in [6.07, 6.45) is 5.96. The molecule has 2 rings (SSSR count). The Morgan fingerprint density at radius 1 is 1.19 bits per heavy atom. The van der Waals surface area contributed by atoms with Crippen LogP contribution in [-0.4, -0.2) is 37.9 Å². The second-order valence-electron chi connectivity index (χ2n) is 7.07. The van der Waals surface area contributed by atoms with Gasteiger partial charge < -0.3 is 14.8 Å². The van der Waals surface area contributed by atoms with E-state index in [2.05, 4.69) is 19.2 Å². The lowest BCUT2D eigenvalue weighted by Crippen LogP contribution is -2.57. The zero-order valence-corrected chi connectivity index (χ0v) is 14.0. The molecule has 21 heavy (non-hydrogen) atoms. The highest BCUT2D eigenvalue weighted by Gasteiger charge is 2.51. The molecular weight excluding hydrogens is 266 g/mol. The van der Waals surface area contributed by atoms with E-state index in [0.717, 1.165) is 25.7 Å². The fourth-order valence-electron chi connectivity index (χ4n) is 3.82. The maximum absolute atomic E-state index is 12.4. The molecule has 0 spiro atoms. The quantitative estimate of drug-likeness (QED) is 0.734. The average molecular weight is 297 g/mol. The zero-order valence-electron chi connectivity index (χ0n) is 14.0. The minimum absolute atomic E-state index is 0.146. The predicted octanol–water partition coefficient (Wildman–Crippen LogP) is 2.76. The van der Waals surface area contributed by atoms with Crippen molar-refractivity contribution in [1.82, 2.24) is 5.32 Å². The standard InChI is InChI=1S/C17H31NO3/c1-5-20-16(19)17(18-4,14-6-7-14)11-21-15-9-12(2)8-13(3)10-15/h12-15,18H,5-11H2,1-4H3. The van der Waals surface area contributed by atoms with Gasteiger partial charge in [-0.25, -0.2) is 4.79 Å². The van der Waals surface area contributed by atoms with Crippen molar-refractivity contribution < 1.29 is 14.3 Å². The molecular formula is C17H31NO3. The third-order valence-corrected chi connectivity index (χ3v) is 5.04. The van der Waals surface area contributed by atoms with Crippen LogP contribution in [0.15, 0.2) is 0 Å². The summed E-state index contributed by atoms with van der Waals surface area (Å²) in [5, 5.41) is 3.22. The summed E-state index contributed by atoms with van der Waals surface area (Å²) >= 11 is 0. The summed E-state index contributed by atoms with van der Waals surface area (Å²) in [7, 11) is 1.85. The number of hydrogen-bond donors (Lipinski definition) is 1. The predicted molar refractivity (Wildman–Crippen MR) is 83.1 cm³/mol. The van der Waals surface area contributed by atoms with E-state index < -0.39 is 5.54 Å². The van der Waals surface area contributed by atoms with Crippen LogP contribution in [0.3, 0.4) is 0 Å². The second-order valence-corrected chi connectivity index (χ2v) is 7.07. The second kappa shape index (κ2) is 7.10. The van der Waals surface area contributed by atoms with Gasteiger partial charge in [0.15, 0.2) is 0 Å². The number of carbonyl (C=O) groups is 1. The molecule has 3 atom stereocenters. The van der Waals surface area contributed by atoms with Crippen LogP contribution in [0.4, 0.5) is 0 Å². The van der Waals surface area contributed by atoms with Crippen molar-refractivity contribution >= 4 is 5.97 Å². The van der Waals surface area contributed by atoms with E-state index in [-0.39, 0.29) is 12.1 Å². The molecule has 0 saturated heterocycles. The molecule has 2 aliphatic carbocycles. The molecule has 3 unspecified atom stereocenters. The van der Waals surface area contributed by atoms with Crippen molar-refractivity contribution in [3.05, 3.63) is 0 Å². The monoisotopic (exact) mass is 297 g/mol. The Balaban J connectivity index is 1.97. The van der Waals surface area contributed by atoms with Gasteiger partial charge >= 0.3 is 5.97 Å². The molecule has 1 N–H and O–H groups in total. The summed E-state index contributed by atoms with van der Waals surface area (Å²) in [6, 6.07) is 0. The Morgan fingerprint density at radius 2 is 1.81 bits per heavy atom. The van der Waals surface area contributed by atoms with E-state index in [9.17, 15) is 4.79 Å². The molecule has 0 aromatic rings. The Morgan fingerprint density at radius 3 is 2.29 bits per heavy atom. The van der Waals surface area contributed by atoms with Crippen molar-refractivity contribution in [2.24, 2.45) is 17.8 Å². The van der Waals surface area contributed by atoms with Gasteiger partial charge in [-0.15, -0.1) is 0 Å². The molecule has 2 saturated carbocycles. The van der Waals surface area contributed by atoms with Gasteiger partial charge in [0.1, 0.15) is 5.54 Å². The van der Waals surface area contributed by atoms with Gasteiger partial charge in [0, 0.05) is 0 Å². The topological polar surface area (TPSA) is 47.6 Å². The highest BCUT2D eigenvalue weighted by atomic mass is 16.5. The van der Waals surface area contributed by atoms with E-state index in [0.29, 0.717) is 31.0 Å². The van der Waals surface area contributed by atoms with Crippen LogP contribution in [-0.2, 0) is 14.3 Å². The number of rotatable bonds is 7. The van der Waals surface area contributed by atoms with E-state index in [4.69, 9.17) is 9.47 Å². The molecule has 0 bridgehead atoms. The summed E-state index contributed by atoms with van der Waals surface area (Å²) in [5.41, 5.74) is -0.639. The summed E-state index contributed by atoms with van der Waals surface area (Å²) in [6.45, 7) is 7.31. The first-order valence-electron chi connectivity index (χ1n) is 8.49. The number of ether oxygens (including phenoxy) is 2. The zero-order chi connectivity index (χ0) is 15.5. The number of nitrogens with one attached hydrogen (secondary N) is 1. The smallest absolute Gasteiger partial charge is 0.329 e. The van der Waals surface area contributed by atoms with Crippen molar-refractivity contribution in [3.8, 4) is 0 Å². The Bertz CT molecular complexity index is 346. The molecule has 0 heterocycles. The van der Waals surface area contributed by atoms with Gasteiger partial charge in [-0.2, -0.15) is 0 Å². The molecule has 122 valence electrons. The number of hydrogen-bond acceptors (Lipinski definition) is 4. The van der Waals surface area contributed by atoms with Gasteiger partial charge in [-0.05, 0) is 63.8 Å². The molecule has 0 amide bonds. The first-order chi connectivity index (χ1) is 10.0. The maximum Gasteiger partial charge on any atom is 0.329 e. The summed E-state index contributed by atoms with van der Waals surface area (Å²) in [5.74, 6) is 1.64. The van der Waals surface area contributed by atoms with Crippen molar-refractivity contribution in [2.75, 3.05) is 20.3 Å². The lowest BCUT2D eigenvalue weighted by atomic mass is 9.81. The molecule has 2 aliphatic rings. The Kier molecular flexibility index (Phi) is 5.67. The van der Waals surface area contributed by atoms with E-state index in [1.165, 1.54) is 6.42 Å². The first kappa shape index (κ1) is 16.8. The molecule has 0 aromatic carbocycles. The normalized spacial score (nSPS) is 32.5. The maximum atomic E-state index is 12.4. The Hall–Kier alpha value is -0.610. The minimum Gasteiger partial charge on any atom is -0.465 e. The van der Waals surface area contributed by atoms with Gasteiger partial charge in [-0.3, -0.25) is 0 Å². The van der Waals surface area contributed by atoms with E-state index in [1.807, 2.05) is 14.0 Å². The fourth-order valence-corrected chi connectivity index (χ4v) is 3.82. The molecule has 0 aromatic heterocycles. The number of carbonyl (C=O) groups excluding carboxylic acids is 1. The van der Waals surface area contributed by atoms with Crippen LogP contribution >= 0.6 is 0 Å². The van der Waals surface area contributed by atoms with E-state index in [1.54, 1.807) is 0 Å². The van der Waals surface area contributed by atoms with Crippen LogP contribution < -0.4 is 5.32 Å². The fraction of sp³-hybridized carbons (Fsp3) is 0.941. The van der Waals surface area contributed by atoms with Gasteiger partial charge in [0.05, 0.1) is 19.3 Å². The lowest BCUT2D eigenvalue weighted by Gasteiger charge is -2.36. The van der Waals surface area contributed by atoms with Crippen LogP contribution in [0.1, 0.15) is 52.9 Å². The van der Waals surface area contributed by atoms with E-state index >= 15 is 0 Å². The van der Waals surface area contributed by atoms with Gasteiger partial charge in [0.2, 0.25) is 0 Å². The largest absolute Gasteiger partial charge is 0.465 e. The molecule has 2 fully saturated rings. The molecule has 4 heteroatoms. The average Bonchev–Trinajstić information content (AvgIpc) is 3.24. The highest BCUT2D eigenvalue weighted by molar-refractivity contribution is 5.82. The van der Waals surface area contributed by atoms with Crippen molar-refractivity contribution in [1.29, 1.82) is 0 Å². The van der Waals surface area contributed by atoms with Crippen LogP contribution in [0.25, 0.3) is 0 Å².